The number of carbonyl (C=O) groups is 1. The van der Waals surface area contributed by atoms with Crippen molar-refractivity contribution in [2.75, 3.05) is 0 Å². The van der Waals surface area contributed by atoms with Gasteiger partial charge in [0.25, 0.3) is 5.91 Å². The highest BCUT2D eigenvalue weighted by Gasteiger charge is 2.35. The maximum Gasteiger partial charge on any atom is 0.283 e. The van der Waals surface area contributed by atoms with E-state index in [4.69, 9.17) is 5.41 Å². The predicted octanol–water partition coefficient (Wildman–Crippen LogP) is 4.79. The number of aryl methyl sites for hydroxylation is 1. The van der Waals surface area contributed by atoms with E-state index >= 15 is 0 Å². The lowest BCUT2D eigenvalue weighted by atomic mass is 10.0. The van der Waals surface area contributed by atoms with Gasteiger partial charge in [-0.25, -0.2) is 0 Å². The number of hydrazone groups is 1. The minimum Gasteiger partial charge on any atom is -0.282 e. The molecular formula is C22H20N4OS. The predicted molar refractivity (Wildman–Crippen MR) is 116 cm³/mol. The Kier molecular flexibility index (Phi) is 4.73. The standard InChI is InChI=1S/C22H20N4OS/c1-13(2)16-10-6-15(7-11-16)12-18-19(23)26-22(24-20(18)27)28-21(25-26)17-8-4-14(3)5-9-17/h4-13,23H,1-3H3. The second kappa shape index (κ2) is 7.20. The number of fused-ring (bicyclic) bond motifs is 1. The average Bonchev–Trinajstić information content (AvgIpc) is 3.10. The van der Waals surface area contributed by atoms with Gasteiger partial charge in [-0.3, -0.25) is 10.2 Å². The number of hydrogen-bond acceptors (Lipinski definition) is 4. The summed E-state index contributed by atoms with van der Waals surface area (Å²) in [5.74, 6) is 0.0919. The molecule has 0 bridgehead atoms. The fourth-order valence-electron chi connectivity index (χ4n) is 2.95. The van der Waals surface area contributed by atoms with E-state index in [0.717, 1.165) is 16.2 Å². The lowest BCUT2D eigenvalue weighted by Crippen LogP contribution is -2.35. The summed E-state index contributed by atoms with van der Waals surface area (Å²) in [6.45, 7) is 6.30. The second-order valence-corrected chi connectivity index (χ2v) is 8.07. The molecule has 5 nitrogen and oxygen atoms in total. The van der Waals surface area contributed by atoms with Crippen LogP contribution >= 0.6 is 11.8 Å². The van der Waals surface area contributed by atoms with Gasteiger partial charge < -0.3 is 0 Å². The number of hydrogen-bond donors (Lipinski definition) is 1. The molecule has 0 saturated heterocycles. The van der Waals surface area contributed by atoms with E-state index in [-0.39, 0.29) is 11.4 Å². The Bertz CT molecular complexity index is 1050. The molecule has 6 heteroatoms. The molecule has 0 atom stereocenters. The topological polar surface area (TPSA) is 68.9 Å². The fourth-order valence-corrected chi connectivity index (χ4v) is 3.85. The van der Waals surface area contributed by atoms with Crippen molar-refractivity contribution in [3.05, 3.63) is 76.4 Å². The SMILES string of the molecule is Cc1ccc(C2=NN3C(=N)C(=Cc4ccc(C(C)C)cc4)C(=O)N=C3S2)cc1. The summed E-state index contributed by atoms with van der Waals surface area (Å²) in [5, 5.41) is 15.6. The number of carbonyl (C=O) groups excluding carboxylic acids is 1. The summed E-state index contributed by atoms with van der Waals surface area (Å²) in [6, 6.07) is 16.0. The Morgan fingerprint density at radius 3 is 2.39 bits per heavy atom. The van der Waals surface area contributed by atoms with E-state index in [1.165, 1.54) is 27.9 Å². The molecule has 140 valence electrons. The summed E-state index contributed by atoms with van der Waals surface area (Å²) in [5.41, 5.74) is 4.46. The first-order valence-electron chi connectivity index (χ1n) is 9.09. The van der Waals surface area contributed by atoms with Crippen molar-refractivity contribution in [1.82, 2.24) is 5.01 Å². The quantitative estimate of drug-likeness (QED) is 0.769. The zero-order valence-corrected chi connectivity index (χ0v) is 16.7. The number of amidine groups is 2. The van der Waals surface area contributed by atoms with E-state index in [0.29, 0.717) is 11.1 Å². The molecule has 1 N–H and O–H groups in total. The molecular weight excluding hydrogens is 368 g/mol. The van der Waals surface area contributed by atoms with Crippen LogP contribution in [0.25, 0.3) is 6.08 Å². The van der Waals surface area contributed by atoms with Crippen LogP contribution in [0.5, 0.6) is 0 Å². The molecule has 2 aliphatic heterocycles. The number of benzene rings is 2. The molecule has 4 rings (SSSR count). The van der Waals surface area contributed by atoms with Gasteiger partial charge in [-0.15, -0.1) is 0 Å². The monoisotopic (exact) mass is 388 g/mol. The van der Waals surface area contributed by atoms with Crippen LogP contribution in [-0.2, 0) is 4.79 Å². The maximum absolute atomic E-state index is 12.5. The van der Waals surface area contributed by atoms with Crippen LogP contribution in [0.2, 0.25) is 0 Å². The molecule has 28 heavy (non-hydrogen) atoms. The first kappa shape index (κ1) is 18.4. The van der Waals surface area contributed by atoms with Gasteiger partial charge in [0.2, 0.25) is 5.17 Å². The van der Waals surface area contributed by atoms with Gasteiger partial charge in [0.15, 0.2) is 5.84 Å². The molecule has 0 radical (unpaired) electrons. The lowest BCUT2D eigenvalue weighted by Gasteiger charge is -2.20. The maximum atomic E-state index is 12.5. The molecule has 2 heterocycles. The Balaban J connectivity index is 1.64. The molecule has 0 spiro atoms. The molecule has 0 unspecified atom stereocenters. The lowest BCUT2D eigenvalue weighted by molar-refractivity contribution is -0.114. The van der Waals surface area contributed by atoms with Crippen LogP contribution in [0.1, 0.15) is 42.0 Å². The van der Waals surface area contributed by atoms with E-state index in [2.05, 4.69) is 23.9 Å². The van der Waals surface area contributed by atoms with E-state index in [1.807, 2.05) is 55.5 Å². The number of nitrogens with zero attached hydrogens (tertiary/aromatic N) is 3. The van der Waals surface area contributed by atoms with E-state index in [9.17, 15) is 4.79 Å². The zero-order chi connectivity index (χ0) is 19.8. The Morgan fingerprint density at radius 1 is 1.07 bits per heavy atom. The van der Waals surface area contributed by atoms with Gasteiger partial charge in [0.1, 0.15) is 5.04 Å². The highest BCUT2D eigenvalue weighted by Crippen LogP contribution is 2.31. The Hall–Kier alpha value is -2.99. The van der Waals surface area contributed by atoms with Gasteiger partial charge in [0, 0.05) is 5.56 Å². The first-order chi connectivity index (χ1) is 13.4. The van der Waals surface area contributed by atoms with Gasteiger partial charge in [0.05, 0.1) is 5.57 Å². The molecule has 1 amide bonds. The van der Waals surface area contributed by atoms with Crippen molar-refractivity contribution in [2.45, 2.75) is 26.7 Å². The number of nitrogens with one attached hydrogen (secondary N) is 1. The third-order valence-corrected chi connectivity index (χ3v) is 5.62. The summed E-state index contributed by atoms with van der Waals surface area (Å²) in [7, 11) is 0. The van der Waals surface area contributed by atoms with Crippen molar-refractivity contribution in [2.24, 2.45) is 10.1 Å². The highest BCUT2D eigenvalue weighted by atomic mass is 32.2. The van der Waals surface area contributed by atoms with Crippen LogP contribution in [-0.4, -0.2) is 27.0 Å². The number of aliphatic imine (C=N–C) groups is 1. The van der Waals surface area contributed by atoms with Crippen LogP contribution in [0, 0.1) is 12.3 Å². The molecule has 0 saturated carbocycles. The van der Waals surface area contributed by atoms with Crippen molar-refractivity contribution in [1.29, 1.82) is 5.41 Å². The smallest absolute Gasteiger partial charge is 0.282 e. The molecule has 0 aromatic heterocycles. The number of amides is 1. The van der Waals surface area contributed by atoms with Gasteiger partial charge in [-0.1, -0.05) is 67.9 Å². The van der Waals surface area contributed by atoms with Gasteiger partial charge >= 0.3 is 0 Å². The molecule has 2 aliphatic rings. The van der Waals surface area contributed by atoms with Crippen LogP contribution in [0.15, 0.2) is 64.2 Å². The minimum atomic E-state index is -0.406. The highest BCUT2D eigenvalue weighted by molar-refractivity contribution is 8.27. The second-order valence-electron chi connectivity index (χ2n) is 7.11. The third kappa shape index (κ3) is 3.43. The summed E-state index contributed by atoms with van der Waals surface area (Å²) in [6.07, 6.45) is 1.71. The first-order valence-corrected chi connectivity index (χ1v) is 9.91. The van der Waals surface area contributed by atoms with Crippen molar-refractivity contribution in [3.63, 3.8) is 0 Å². The summed E-state index contributed by atoms with van der Waals surface area (Å²) >= 11 is 1.31. The molecule has 0 aliphatic carbocycles. The van der Waals surface area contributed by atoms with Crippen LogP contribution < -0.4 is 0 Å². The average molecular weight is 388 g/mol. The zero-order valence-electron chi connectivity index (χ0n) is 15.9. The van der Waals surface area contributed by atoms with E-state index < -0.39 is 5.91 Å². The van der Waals surface area contributed by atoms with Gasteiger partial charge in [-0.2, -0.15) is 15.1 Å². The van der Waals surface area contributed by atoms with E-state index in [1.54, 1.807) is 6.08 Å². The normalized spacial score (nSPS) is 17.9. The fraction of sp³-hybridized carbons (Fsp3) is 0.182. The minimum absolute atomic E-state index is 0.0533. The molecule has 0 fully saturated rings. The number of rotatable bonds is 3. The Labute approximate surface area is 168 Å². The summed E-state index contributed by atoms with van der Waals surface area (Å²) in [4.78, 5) is 16.7. The Morgan fingerprint density at radius 2 is 1.75 bits per heavy atom. The van der Waals surface area contributed by atoms with Crippen molar-refractivity contribution >= 4 is 39.8 Å². The summed E-state index contributed by atoms with van der Waals surface area (Å²) < 4.78 is 0. The molecule has 2 aromatic carbocycles. The van der Waals surface area contributed by atoms with Crippen molar-refractivity contribution < 1.29 is 4.79 Å². The third-order valence-electron chi connectivity index (χ3n) is 4.67. The molecule has 2 aromatic rings. The van der Waals surface area contributed by atoms with Crippen LogP contribution in [0.4, 0.5) is 0 Å². The van der Waals surface area contributed by atoms with Gasteiger partial charge in [-0.05, 0) is 41.8 Å². The van der Waals surface area contributed by atoms with Crippen molar-refractivity contribution in [3.8, 4) is 0 Å². The number of thioether (sulfide) groups is 1. The largest absolute Gasteiger partial charge is 0.283 e. The van der Waals surface area contributed by atoms with Crippen LogP contribution in [0.3, 0.4) is 0 Å².